The third kappa shape index (κ3) is 2.78. The van der Waals surface area contributed by atoms with Crippen molar-refractivity contribution in [1.29, 1.82) is 0 Å². The fourth-order valence-corrected chi connectivity index (χ4v) is 2.74. The van der Waals surface area contributed by atoms with Crippen molar-refractivity contribution >= 4 is 17.3 Å². The Balaban J connectivity index is 2.10. The number of esters is 1. The molecule has 1 aromatic carbocycles. The molecule has 0 spiro atoms. The zero-order valence-electron chi connectivity index (χ0n) is 11.8. The normalized spacial score (nSPS) is 10.6. The highest BCUT2D eigenvalue weighted by atomic mass is 32.1. The van der Waals surface area contributed by atoms with Gasteiger partial charge >= 0.3 is 5.97 Å². The second-order valence-corrected chi connectivity index (χ2v) is 5.45. The molecule has 0 saturated carbocycles. The Morgan fingerprint density at radius 2 is 2.09 bits per heavy atom. The number of thiophene rings is 1. The fraction of sp³-hybridized carbons (Fsp3) is 0.125. The van der Waals surface area contributed by atoms with E-state index in [4.69, 9.17) is 4.74 Å². The smallest absolute Gasteiger partial charge is 0.357 e. The topological polar surface area (TPSA) is 44.1 Å². The zero-order valence-corrected chi connectivity index (χ0v) is 12.6. The third-order valence-electron chi connectivity index (χ3n) is 3.04. The molecule has 0 fully saturated rings. The van der Waals surface area contributed by atoms with Crippen molar-refractivity contribution in [3.63, 3.8) is 0 Å². The first-order valence-corrected chi connectivity index (χ1v) is 7.64. The van der Waals surface area contributed by atoms with E-state index in [1.165, 1.54) is 28.2 Å². The van der Waals surface area contributed by atoms with E-state index >= 15 is 0 Å². The second kappa shape index (κ2) is 6.11. The highest BCUT2D eigenvalue weighted by Crippen LogP contribution is 2.26. The lowest BCUT2D eigenvalue weighted by Gasteiger charge is -2.06. The molecule has 2 aromatic heterocycles. The summed E-state index contributed by atoms with van der Waals surface area (Å²) in [6.07, 6.45) is 0. The summed E-state index contributed by atoms with van der Waals surface area (Å²) in [6, 6.07) is 11.3. The summed E-state index contributed by atoms with van der Waals surface area (Å²) in [6.45, 7) is 2.03. The maximum absolute atomic E-state index is 13.1. The van der Waals surface area contributed by atoms with Gasteiger partial charge in [-0.25, -0.2) is 13.9 Å². The molecule has 4 nitrogen and oxygen atoms in total. The van der Waals surface area contributed by atoms with Crippen molar-refractivity contribution in [3.8, 4) is 16.3 Å². The van der Waals surface area contributed by atoms with Gasteiger partial charge in [0.2, 0.25) is 0 Å². The Kier molecular flexibility index (Phi) is 4.02. The average molecular weight is 316 g/mol. The summed E-state index contributed by atoms with van der Waals surface area (Å²) in [4.78, 5) is 13.1. The van der Waals surface area contributed by atoms with Crippen LogP contribution in [0.4, 0.5) is 4.39 Å². The van der Waals surface area contributed by atoms with Crippen LogP contribution in [0.5, 0.6) is 0 Å². The minimum absolute atomic E-state index is 0.280. The number of benzene rings is 1. The molecule has 0 saturated heterocycles. The maximum atomic E-state index is 13.1. The number of ether oxygens (including phenoxy) is 1. The number of hydrogen-bond donors (Lipinski definition) is 0. The molecule has 0 radical (unpaired) electrons. The molecule has 6 heteroatoms. The highest BCUT2D eigenvalue weighted by Gasteiger charge is 2.19. The van der Waals surface area contributed by atoms with Gasteiger partial charge in [-0.2, -0.15) is 5.10 Å². The number of hydrogen-bond acceptors (Lipinski definition) is 4. The van der Waals surface area contributed by atoms with Crippen molar-refractivity contribution in [2.45, 2.75) is 6.92 Å². The van der Waals surface area contributed by atoms with Crippen LogP contribution in [0, 0.1) is 5.82 Å². The van der Waals surface area contributed by atoms with Gasteiger partial charge in [0.05, 0.1) is 17.2 Å². The Labute approximate surface area is 130 Å². The molecule has 112 valence electrons. The molecule has 0 amide bonds. The Bertz CT molecular complexity index is 779. The van der Waals surface area contributed by atoms with Crippen LogP contribution in [-0.4, -0.2) is 22.4 Å². The molecule has 0 bridgehead atoms. The van der Waals surface area contributed by atoms with Crippen LogP contribution >= 0.6 is 11.3 Å². The molecule has 0 atom stereocenters. The van der Waals surface area contributed by atoms with Crippen LogP contribution < -0.4 is 0 Å². The average Bonchev–Trinajstić information content (AvgIpc) is 3.17. The van der Waals surface area contributed by atoms with E-state index in [-0.39, 0.29) is 12.4 Å². The third-order valence-corrected chi connectivity index (χ3v) is 3.93. The quantitative estimate of drug-likeness (QED) is 0.685. The molecule has 0 aliphatic rings. The van der Waals surface area contributed by atoms with E-state index in [2.05, 4.69) is 5.10 Å². The van der Waals surface area contributed by atoms with E-state index in [1.54, 1.807) is 25.1 Å². The number of nitrogens with zero attached hydrogens (tertiary/aromatic N) is 2. The Morgan fingerprint density at radius 3 is 2.73 bits per heavy atom. The standard InChI is InChI=1S/C16H13FN2O2S/c1-2-21-16(20)14-10-13(15-4-3-9-22-15)18-19(14)12-7-5-11(17)6-8-12/h3-10H,2H2,1H3. The summed E-state index contributed by atoms with van der Waals surface area (Å²) in [5.74, 6) is -0.797. The van der Waals surface area contributed by atoms with Crippen LogP contribution in [0.3, 0.4) is 0 Å². The first-order chi connectivity index (χ1) is 10.7. The summed E-state index contributed by atoms with van der Waals surface area (Å²) < 4.78 is 19.6. The zero-order chi connectivity index (χ0) is 15.5. The van der Waals surface area contributed by atoms with E-state index in [0.29, 0.717) is 17.1 Å². The monoisotopic (exact) mass is 316 g/mol. The summed E-state index contributed by atoms with van der Waals surface area (Å²) in [7, 11) is 0. The fourth-order valence-electron chi connectivity index (χ4n) is 2.06. The SMILES string of the molecule is CCOC(=O)c1cc(-c2cccs2)nn1-c1ccc(F)cc1. The van der Waals surface area contributed by atoms with Crippen LogP contribution in [0.1, 0.15) is 17.4 Å². The highest BCUT2D eigenvalue weighted by molar-refractivity contribution is 7.13. The van der Waals surface area contributed by atoms with E-state index in [1.807, 2.05) is 17.5 Å². The number of aromatic nitrogens is 2. The lowest BCUT2D eigenvalue weighted by atomic mass is 10.3. The van der Waals surface area contributed by atoms with Crippen LogP contribution in [0.2, 0.25) is 0 Å². The van der Waals surface area contributed by atoms with Crippen molar-refractivity contribution in [2.75, 3.05) is 6.61 Å². The second-order valence-electron chi connectivity index (χ2n) is 4.50. The van der Waals surface area contributed by atoms with Gasteiger partial charge in [-0.15, -0.1) is 11.3 Å². The van der Waals surface area contributed by atoms with E-state index in [0.717, 1.165) is 4.88 Å². The number of carbonyl (C=O) groups is 1. The van der Waals surface area contributed by atoms with Gasteiger partial charge in [-0.3, -0.25) is 0 Å². The minimum atomic E-state index is -0.456. The van der Waals surface area contributed by atoms with Crippen LogP contribution in [0.15, 0.2) is 47.8 Å². The summed E-state index contributed by atoms with van der Waals surface area (Å²) in [5, 5.41) is 6.40. The van der Waals surface area contributed by atoms with Gasteiger partial charge in [-0.1, -0.05) is 6.07 Å². The predicted octanol–water partition coefficient (Wildman–Crippen LogP) is 3.92. The van der Waals surface area contributed by atoms with Crippen molar-refractivity contribution in [3.05, 3.63) is 59.4 Å². The van der Waals surface area contributed by atoms with Crippen LogP contribution in [-0.2, 0) is 4.74 Å². The molecule has 0 aliphatic heterocycles. The number of halogens is 1. The predicted molar refractivity (Wildman–Crippen MR) is 82.8 cm³/mol. The van der Waals surface area contributed by atoms with Crippen LogP contribution in [0.25, 0.3) is 16.3 Å². The van der Waals surface area contributed by atoms with Gasteiger partial charge in [0.1, 0.15) is 11.5 Å². The molecule has 0 unspecified atom stereocenters. The van der Waals surface area contributed by atoms with Crippen molar-refractivity contribution < 1.29 is 13.9 Å². The molecular formula is C16H13FN2O2S. The molecule has 0 N–H and O–H groups in total. The molecule has 22 heavy (non-hydrogen) atoms. The Morgan fingerprint density at radius 1 is 1.32 bits per heavy atom. The molecule has 3 rings (SSSR count). The number of carbonyl (C=O) groups excluding carboxylic acids is 1. The van der Waals surface area contributed by atoms with E-state index < -0.39 is 5.97 Å². The number of rotatable bonds is 4. The van der Waals surface area contributed by atoms with Gasteiger partial charge in [0.25, 0.3) is 0 Å². The molecule has 0 aliphatic carbocycles. The van der Waals surface area contributed by atoms with Gasteiger partial charge < -0.3 is 4.74 Å². The summed E-state index contributed by atoms with van der Waals surface area (Å²) >= 11 is 1.53. The molecule has 3 aromatic rings. The Hall–Kier alpha value is -2.47. The molecule has 2 heterocycles. The lowest BCUT2D eigenvalue weighted by molar-refractivity contribution is 0.0516. The minimum Gasteiger partial charge on any atom is -0.461 e. The van der Waals surface area contributed by atoms with Gasteiger partial charge in [0, 0.05) is 6.07 Å². The van der Waals surface area contributed by atoms with Gasteiger partial charge in [0.15, 0.2) is 5.69 Å². The van der Waals surface area contributed by atoms with Gasteiger partial charge in [-0.05, 0) is 42.6 Å². The van der Waals surface area contributed by atoms with Crippen molar-refractivity contribution in [1.82, 2.24) is 9.78 Å². The van der Waals surface area contributed by atoms with Crippen molar-refractivity contribution in [2.24, 2.45) is 0 Å². The van der Waals surface area contributed by atoms with E-state index in [9.17, 15) is 9.18 Å². The largest absolute Gasteiger partial charge is 0.461 e. The first kappa shape index (κ1) is 14.5. The maximum Gasteiger partial charge on any atom is 0.357 e. The first-order valence-electron chi connectivity index (χ1n) is 6.76. The molecular weight excluding hydrogens is 303 g/mol. The lowest BCUT2D eigenvalue weighted by Crippen LogP contribution is -2.11. The summed E-state index contributed by atoms with van der Waals surface area (Å²) in [5.41, 5.74) is 1.60.